The van der Waals surface area contributed by atoms with Gasteiger partial charge in [0.15, 0.2) is 0 Å². The normalized spacial score (nSPS) is 33.1. The molecule has 1 N–H and O–H groups in total. The molecule has 0 aliphatic heterocycles. The maximum atomic E-state index is 12.2. The summed E-state index contributed by atoms with van der Waals surface area (Å²) in [6.07, 6.45) is 11.2. The number of hydrogen-bond acceptors (Lipinski definition) is 2. The minimum Gasteiger partial charge on any atom is -0.462 e. The molecule has 1 aromatic heterocycles. The van der Waals surface area contributed by atoms with Crippen molar-refractivity contribution < 1.29 is 9.53 Å². The van der Waals surface area contributed by atoms with Gasteiger partial charge in [0.2, 0.25) is 0 Å². The van der Waals surface area contributed by atoms with Crippen LogP contribution in [0.5, 0.6) is 0 Å². The Morgan fingerprint density at radius 2 is 2.10 bits per heavy atom. The first-order valence-electron chi connectivity index (χ1n) is 11.8. The van der Waals surface area contributed by atoms with E-state index >= 15 is 0 Å². The molecule has 0 bridgehead atoms. The molecule has 2 fully saturated rings. The average Bonchev–Trinajstić information content (AvgIpc) is 3.15. The third-order valence-electron chi connectivity index (χ3n) is 8.84. The van der Waals surface area contributed by atoms with Crippen molar-refractivity contribution in [3.8, 4) is 0 Å². The second-order valence-electron chi connectivity index (χ2n) is 10.1. The number of benzene rings is 1. The molecule has 1 aromatic carbocycles. The van der Waals surface area contributed by atoms with Crippen LogP contribution in [0.25, 0.3) is 10.9 Å². The maximum absolute atomic E-state index is 12.2. The van der Waals surface area contributed by atoms with Crippen LogP contribution in [0.4, 0.5) is 0 Å². The van der Waals surface area contributed by atoms with Gasteiger partial charge in [0.1, 0.15) is 6.10 Å². The van der Waals surface area contributed by atoms with Crippen molar-refractivity contribution in [3.63, 3.8) is 0 Å². The zero-order valence-electron chi connectivity index (χ0n) is 19.4. The van der Waals surface area contributed by atoms with Crippen LogP contribution in [-0.2, 0) is 16.0 Å². The van der Waals surface area contributed by atoms with Gasteiger partial charge in [0.25, 0.3) is 0 Å². The predicted molar refractivity (Wildman–Crippen MR) is 128 cm³/mol. The molecule has 3 nitrogen and oxygen atoms in total. The first kappa shape index (κ1) is 21.9. The fourth-order valence-corrected chi connectivity index (χ4v) is 7.04. The number of nitrogens with one attached hydrogen (secondary N) is 1. The van der Waals surface area contributed by atoms with Crippen LogP contribution in [0.15, 0.2) is 55.3 Å². The van der Waals surface area contributed by atoms with E-state index in [4.69, 9.17) is 4.74 Å². The summed E-state index contributed by atoms with van der Waals surface area (Å²) in [6, 6.07) is 8.52. The Bertz CT molecular complexity index is 988. The summed E-state index contributed by atoms with van der Waals surface area (Å²) in [5.41, 5.74) is 3.81. The van der Waals surface area contributed by atoms with Gasteiger partial charge in [0, 0.05) is 29.4 Å². The van der Waals surface area contributed by atoms with Gasteiger partial charge in [-0.15, -0.1) is 6.58 Å². The molecule has 166 valence electrons. The maximum Gasteiger partial charge on any atom is 0.302 e. The number of aromatic nitrogens is 1. The molecule has 31 heavy (non-hydrogen) atoms. The highest BCUT2D eigenvalue weighted by molar-refractivity contribution is 5.83. The number of allylic oxidation sites excluding steroid dienone is 2. The van der Waals surface area contributed by atoms with Gasteiger partial charge in [-0.3, -0.25) is 4.79 Å². The van der Waals surface area contributed by atoms with Crippen molar-refractivity contribution in [2.24, 2.45) is 22.7 Å². The Balaban J connectivity index is 1.85. The Morgan fingerprint density at radius 1 is 1.32 bits per heavy atom. The Labute approximate surface area is 187 Å². The summed E-state index contributed by atoms with van der Waals surface area (Å²) in [4.78, 5) is 15.6. The molecular weight excluding hydrogens is 382 g/mol. The summed E-state index contributed by atoms with van der Waals surface area (Å²) in [5, 5.41) is 1.29. The number of rotatable bonds is 6. The molecule has 4 rings (SSSR count). The molecule has 0 saturated heterocycles. The minimum atomic E-state index is -0.165. The number of para-hydroxylation sites is 1. The van der Waals surface area contributed by atoms with Crippen molar-refractivity contribution in [2.45, 2.75) is 71.8 Å². The fourth-order valence-electron chi connectivity index (χ4n) is 7.04. The molecule has 0 unspecified atom stereocenters. The van der Waals surface area contributed by atoms with Gasteiger partial charge in [-0.1, -0.05) is 50.3 Å². The lowest BCUT2D eigenvalue weighted by atomic mass is 9.40. The van der Waals surface area contributed by atoms with E-state index in [1.165, 1.54) is 22.0 Å². The summed E-state index contributed by atoms with van der Waals surface area (Å²) >= 11 is 0. The van der Waals surface area contributed by atoms with Crippen LogP contribution >= 0.6 is 0 Å². The van der Waals surface area contributed by atoms with Crippen LogP contribution < -0.4 is 0 Å². The second kappa shape index (κ2) is 8.33. The third-order valence-corrected chi connectivity index (χ3v) is 8.84. The Hall–Kier alpha value is -2.29. The number of esters is 1. The smallest absolute Gasteiger partial charge is 0.302 e. The Kier molecular flexibility index (Phi) is 5.89. The number of carbonyl (C=O) groups excluding carboxylic acids is 1. The zero-order chi connectivity index (χ0) is 22.2. The van der Waals surface area contributed by atoms with E-state index < -0.39 is 0 Å². The summed E-state index contributed by atoms with van der Waals surface area (Å²) in [5.74, 6) is 0.696. The summed E-state index contributed by atoms with van der Waals surface area (Å²) in [6.45, 7) is 15.1. The van der Waals surface area contributed by atoms with Crippen molar-refractivity contribution >= 4 is 16.9 Å². The van der Waals surface area contributed by atoms with E-state index in [1.807, 2.05) is 6.08 Å². The quantitative estimate of drug-likeness (QED) is 0.405. The van der Waals surface area contributed by atoms with Crippen molar-refractivity contribution in [1.82, 2.24) is 4.98 Å². The van der Waals surface area contributed by atoms with E-state index in [-0.39, 0.29) is 28.8 Å². The molecule has 0 spiro atoms. The topological polar surface area (TPSA) is 42.1 Å². The predicted octanol–water partition coefficient (Wildman–Crippen LogP) is 7.00. The number of ether oxygens (including phenoxy) is 1. The molecule has 1 heterocycles. The SMILES string of the molecule is C=CCC[C@@]12[C@@H](OC(C)=O)CC[C@@H](C)[C@]1(C)CCC(=C)[C@H]2Cc1c[nH]c2ccccc12. The van der Waals surface area contributed by atoms with Gasteiger partial charge >= 0.3 is 5.97 Å². The van der Waals surface area contributed by atoms with E-state index in [0.29, 0.717) is 5.92 Å². The van der Waals surface area contributed by atoms with Crippen LogP contribution in [0.2, 0.25) is 0 Å². The van der Waals surface area contributed by atoms with Crippen molar-refractivity contribution in [3.05, 3.63) is 60.8 Å². The average molecular weight is 420 g/mol. The van der Waals surface area contributed by atoms with E-state index in [1.54, 1.807) is 6.92 Å². The first-order valence-corrected chi connectivity index (χ1v) is 11.8. The zero-order valence-corrected chi connectivity index (χ0v) is 19.4. The van der Waals surface area contributed by atoms with Gasteiger partial charge in [-0.05, 0) is 73.8 Å². The van der Waals surface area contributed by atoms with Gasteiger partial charge in [0.05, 0.1) is 0 Å². The molecule has 2 saturated carbocycles. The molecule has 2 aromatic rings. The van der Waals surface area contributed by atoms with Crippen LogP contribution in [-0.4, -0.2) is 17.1 Å². The lowest BCUT2D eigenvalue weighted by molar-refractivity contribution is -0.202. The third kappa shape index (κ3) is 3.46. The monoisotopic (exact) mass is 419 g/mol. The van der Waals surface area contributed by atoms with Crippen LogP contribution in [0, 0.1) is 22.7 Å². The molecule has 0 amide bonds. The van der Waals surface area contributed by atoms with Gasteiger partial charge in [-0.2, -0.15) is 0 Å². The highest BCUT2D eigenvalue weighted by Gasteiger charge is 2.63. The number of hydrogen-bond donors (Lipinski definition) is 1. The van der Waals surface area contributed by atoms with E-state index in [9.17, 15) is 4.79 Å². The number of fused-ring (bicyclic) bond motifs is 2. The van der Waals surface area contributed by atoms with Crippen molar-refractivity contribution in [2.75, 3.05) is 0 Å². The second-order valence-corrected chi connectivity index (χ2v) is 10.1. The highest BCUT2D eigenvalue weighted by atomic mass is 16.5. The standard InChI is InChI=1S/C28H37NO2/c1-6-7-15-28-24(17-22-18-29-25-11-9-8-10-23(22)25)19(2)14-16-27(28,5)20(3)12-13-26(28)31-21(4)30/h6,8-11,18,20,24,26,29H,1-2,7,12-17H2,3-5H3/t20-,24-,26+,27+,28-/m1/s1. The lowest BCUT2D eigenvalue weighted by Crippen LogP contribution is -2.62. The number of aromatic amines is 1. The molecule has 2 aliphatic carbocycles. The molecule has 5 atom stereocenters. The number of carbonyl (C=O) groups is 1. The Morgan fingerprint density at radius 3 is 2.84 bits per heavy atom. The molecule has 2 aliphatic rings. The number of H-pyrrole nitrogens is 1. The van der Waals surface area contributed by atoms with Crippen molar-refractivity contribution in [1.29, 1.82) is 0 Å². The van der Waals surface area contributed by atoms with Crippen LogP contribution in [0.1, 0.15) is 64.9 Å². The van der Waals surface area contributed by atoms with Gasteiger partial charge < -0.3 is 9.72 Å². The first-order chi connectivity index (χ1) is 14.8. The fraction of sp³-hybridized carbons (Fsp3) is 0.536. The highest BCUT2D eigenvalue weighted by Crippen LogP contribution is 2.67. The summed E-state index contributed by atoms with van der Waals surface area (Å²) in [7, 11) is 0. The lowest BCUT2D eigenvalue weighted by Gasteiger charge is -2.65. The minimum absolute atomic E-state index is 0.0709. The summed E-state index contributed by atoms with van der Waals surface area (Å²) < 4.78 is 6.14. The van der Waals surface area contributed by atoms with E-state index in [2.05, 4.69) is 62.5 Å². The van der Waals surface area contributed by atoms with E-state index in [0.717, 1.165) is 44.9 Å². The largest absolute Gasteiger partial charge is 0.462 e. The van der Waals surface area contributed by atoms with Gasteiger partial charge in [-0.25, -0.2) is 0 Å². The molecule has 0 radical (unpaired) electrons. The molecule has 3 heteroatoms. The molecular formula is C28H37NO2. The van der Waals surface area contributed by atoms with Crippen LogP contribution in [0.3, 0.4) is 0 Å².